The van der Waals surface area contributed by atoms with Gasteiger partial charge in [0, 0.05) is 5.56 Å². The molecular weight excluding hydrogens is 368 g/mol. The Labute approximate surface area is 169 Å². The van der Waals surface area contributed by atoms with E-state index < -0.39 is 5.91 Å². The summed E-state index contributed by atoms with van der Waals surface area (Å²) in [5.74, 6) is -0.748. The number of hydrogen-bond acceptors (Lipinski definition) is 5. The number of anilines is 1. The maximum Gasteiger partial charge on any atom is 0.262 e. The van der Waals surface area contributed by atoms with Crippen LogP contribution in [0.25, 0.3) is 16.7 Å². The van der Waals surface area contributed by atoms with Gasteiger partial charge in [-0.2, -0.15) is 0 Å². The molecule has 29 heavy (non-hydrogen) atoms. The Balaban J connectivity index is 2.18. The van der Waals surface area contributed by atoms with Crippen molar-refractivity contribution >= 4 is 17.4 Å². The predicted molar refractivity (Wildman–Crippen MR) is 113 cm³/mol. The highest BCUT2D eigenvalue weighted by Gasteiger charge is 2.25. The van der Waals surface area contributed by atoms with Crippen molar-refractivity contribution in [3.8, 4) is 22.6 Å². The molecule has 1 amide bonds. The van der Waals surface area contributed by atoms with Crippen LogP contribution in [0.4, 0.5) is 5.88 Å². The van der Waals surface area contributed by atoms with E-state index in [-0.39, 0.29) is 28.5 Å². The third-order valence-corrected chi connectivity index (χ3v) is 4.99. The first-order chi connectivity index (χ1) is 13.6. The van der Waals surface area contributed by atoms with Gasteiger partial charge < -0.3 is 14.7 Å². The Morgan fingerprint density at radius 3 is 2.41 bits per heavy atom. The Kier molecular flexibility index (Phi) is 5.20. The molecule has 0 unspecified atom stereocenters. The van der Waals surface area contributed by atoms with Gasteiger partial charge >= 0.3 is 0 Å². The maximum absolute atomic E-state index is 12.9. The molecular formula is C23H24N2O4. The summed E-state index contributed by atoms with van der Waals surface area (Å²) in [6.07, 6.45) is 0. The number of aromatic hydroxyl groups is 2. The molecule has 0 aliphatic rings. The molecule has 1 heterocycles. The number of carbonyl (C=O) groups is 1. The highest BCUT2D eigenvalue weighted by molar-refractivity contribution is 6.09. The van der Waals surface area contributed by atoms with Gasteiger partial charge in [-0.15, -0.1) is 0 Å². The summed E-state index contributed by atoms with van der Waals surface area (Å²) >= 11 is 0. The molecule has 6 nitrogen and oxygen atoms in total. The molecule has 1 aromatic heterocycles. The summed E-state index contributed by atoms with van der Waals surface area (Å²) in [7, 11) is 0. The normalized spacial score (nSPS) is 10.8. The molecule has 6 heteroatoms. The summed E-state index contributed by atoms with van der Waals surface area (Å²) in [5, 5.41) is 28.1. The molecule has 0 atom stereocenters. The van der Waals surface area contributed by atoms with Gasteiger partial charge in [0.15, 0.2) is 0 Å². The van der Waals surface area contributed by atoms with Gasteiger partial charge in [0.1, 0.15) is 11.5 Å². The van der Waals surface area contributed by atoms with Crippen molar-refractivity contribution in [2.24, 2.45) is 0 Å². The lowest BCUT2D eigenvalue weighted by atomic mass is 9.90. The first-order valence-corrected chi connectivity index (χ1v) is 9.18. The van der Waals surface area contributed by atoms with E-state index in [4.69, 9.17) is 4.52 Å². The van der Waals surface area contributed by atoms with E-state index >= 15 is 0 Å². The zero-order chi connectivity index (χ0) is 21.5. The van der Waals surface area contributed by atoms with Gasteiger partial charge in [-0.3, -0.25) is 10.1 Å². The molecule has 0 radical (unpaired) electrons. The Morgan fingerprint density at radius 1 is 1.14 bits per heavy atom. The molecule has 0 spiro atoms. The minimum atomic E-state index is -0.551. The van der Waals surface area contributed by atoms with Crippen molar-refractivity contribution in [3.63, 3.8) is 0 Å². The quantitative estimate of drug-likeness (QED) is 0.562. The van der Waals surface area contributed by atoms with Crippen LogP contribution >= 0.6 is 0 Å². The number of aromatic nitrogens is 1. The van der Waals surface area contributed by atoms with Crippen molar-refractivity contribution in [3.05, 3.63) is 64.4 Å². The standard InChI is InChI=1S/C23H24N2O4/c1-11(2)16-8-7-12(3)9-17(16)20-18(26)10-13(4)19(21(20)27)22(28)24-23-14(5)15(6)25-29-23/h7-10,26-27H,1H2,2-6H3,(H,24,28). The monoisotopic (exact) mass is 392 g/mol. The second-order valence-electron chi connectivity index (χ2n) is 7.32. The second kappa shape index (κ2) is 7.47. The molecule has 2 aromatic carbocycles. The summed E-state index contributed by atoms with van der Waals surface area (Å²) < 4.78 is 5.15. The van der Waals surface area contributed by atoms with Crippen LogP contribution in [0.15, 0.2) is 35.4 Å². The number of aryl methyl sites for hydroxylation is 3. The number of carbonyl (C=O) groups excluding carboxylic acids is 1. The van der Waals surface area contributed by atoms with Crippen LogP contribution in [0.2, 0.25) is 0 Å². The van der Waals surface area contributed by atoms with Gasteiger partial charge in [0.05, 0.1) is 16.8 Å². The summed E-state index contributed by atoms with van der Waals surface area (Å²) in [6, 6.07) is 7.12. The lowest BCUT2D eigenvalue weighted by Gasteiger charge is -2.17. The van der Waals surface area contributed by atoms with E-state index in [1.54, 1.807) is 20.8 Å². The zero-order valence-electron chi connectivity index (χ0n) is 17.2. The molecule has 3 rings (SSSR count). The van der Waals surface area contributed by atoms with Crippen LogP contribution in [0, 0.1) is 27.7 Å². The Bertz CT molecular complexity index is 1140. The lowest BCUT2D eigenvalue weighted by Crippen LogP contribution is -2.14. The molecule has 0 aliphatic heterocycles. The van der Waals surface area contributed by atoms with E-state index in [1.165, 1.54) is 6.07 Å². The molecule has 0 aliphatic carbocycles. The van der Waals surface area contributed by atoms with Crippen molar-refractivity contribution in [2.45, 2.75) is 34.6 Å². The minimum Gasteiger partial charge on any atom is -0.507 e. The largest absolute Gasteiger partial charge is 0.507 e. The highest BCUT2D eigenvalue weighted by atomic mass is 16.5. The number of nitrogens with one attached hydrogen (secondary N) is 1. The fourth-order valence-corrected chi connectivity index (χ4v) is 3.27. The van der Waals surface area contributed by atoms with E-state index in [2.05, 4.69) is 17.1 Å². The van der Waals surface area contributed by atoms with E-state index in [0.717, 1.165) is 16.7 Å². The van der Waals surface area contributed by atoms with E-state index in [0.29, 0.717) is 22.4 Å². The molecule has 3 aromatic rings. The van der Waals surface area contributed by atoms with Crippen LogP contribution < -0.4 is 5.32 Å². The van der Waals surface area contributed by atoms with Gasteiger partial charge in [-0.25, -0.2) is 0 Å². The smallest absolute Gasteiger partial charge is 0.262 e. The third kappa shape index (κ3) is 3.61. The van der Waals surface area contributed by atoms with Gasteiger partial charge in [0.2, 0.25) is 5.88 Å². The van der Waals surface area contributed by atoms with Crippen LogP contribution in [0.5, 0.6) is 11.5 Å². The number of phenols is 2. The first-order valence-electron chi connectivity index (χ1n) is 9.18. The number of hydrogen-bond donors (Lipinski definition) is 3. The summed E-state index contributed by atoms with van der Waals surface area (Å²) in [5.41, 5.74) is 5.15. The first kappa shape index (κ1) is 20.2. The number of allylic oxidation sites excluding steroid dienone is 1. The predicted octanol–water partition coefficient (Wildman–Crippen LogP) is 5.27. The van der Waals surface area contributed by atoms with Crippen LogP contribution in [-0.2, 0) is 0 Å². The fourth-order valence-electron chi connectivity index (χ4n) is 3.27. The molecule has 0 saturated heterocycles. The number of phenolic OH excluding ortho intramolecular Hbond substituents is 2. The van der Waals surface area contributed by atoms with Gasteiger partial charge in [-0.1, -0.05) is 41.1 Å². The molecule has 0 bridgehead atoms. The average Bonchev–Trinajstić information content (AvgIpc) is 2.93. The third-order valence-electron chi connectivity index (χ3n) is 4.99. The average molecular weight is 392 g/mol. The van der Waals surface area contributed by atoms with Crippen molar-refractivity contribution < 1.29 is 19.5 Å². The Hall–Kier alpha value is -3.54. The van der Waals surface area contributed by atoms with E-state index in [1.807, 2.05) is 32.0 Å². The van der Waals surface area contributed by atoms with E-state index in [9.17, 15) is 15.0 Å². The van der Waals surface area contributed by atoms with Crippen LogP contribution in [-0.4, -0.2) is 21.3 Å². The maximum atomic E-state index is 12.9. The lowest BCUT2D eigenvalue weighted by molar-refractivity contribution is 0.102. The fraction of sp³-hybridized carbons (Fsp3) is 0.217. The summed E-state index contributed by atoms with van der Waals surface area (Å²) in [6.45, 7) is 12.9. The zero-order valence-corrected chi connectivity index (χ0v) is 17.2. The highest BCUT2D eigenvalue weighted by Crippen LogP contribution is 2.44. The number of amides is 1. The Morgan fingerprint density at radius 2 is 1.83 bits per heavy atom. The SMILES string of the molecule is C=C(C)c1ccc(C)cc1-c1c(O)cc(C)c(C(=O)Nc2onc(C)c2C)c1O. The van der Waals surface area contributed by atoms with Gasteiger partial charge in [0.25, 0.3) is 5.91 Å². The summed E-state index contributed by atoms with van der Waals surface area (Å²) in [4.78, 5) is 12.9. The van der Waals surface area contributed by atoms with Crippen molar-refractivity contribution in [1.82, 2.24) is 5.16 Å². The van der Waals surface area contributed by atoms with Crippen molar-refractivity contribution in [1.29, 1.82) is 0 Å². The van der Waals surface area contributed by atoms with Crippen molar-refractivity contribution in [2.75, 3.05) is 5.32 Å². The number of benzene rings is 2. The second-order valence-corrected chi connectivity index (χ2v) is 7.32. The molecule has 0 saturated carbocycles. The number of rotatable bonds is 4. The molecule has 0 fully saturated rings. The van der Waals surface area contributed by atoms with Crippen LogP contribution in [0.3, 0.4) is 0 Å². The van der Waals surface area contributed by atoms with Crippen LogP contribution in [0.1, 0.15) is 45.2 Å². The minimum absolute atomic E-state index is 0.0559. The topological polar surface area (TPSA) is 95.6 Å². The molecule has 150 valence electrons. The number of nitrogens with zero attached hydrogens (tertiary/aromatic N) is 1. The van der Waals surface area contributed by atoms with Gasteiger partial charge in [-0.05, 0) is 57.4 Å². The molecule has 3 N–H and O–H groups in total.